The lowest BCUT2D eigenvalue weighted by atomic mass is 10.1. The number of rotatable bonds is 5. The number of esters is 1. The Hall–Kier alpha value is -3.52. The van der Waals surface area contributed by atoms with Crippen molar-refractivity contribution in [2.24, 2.45) is 0 Å². The minimum Gasteiger partial charge on any atom is -0.497 e. The summed E-state index contributed by atoms with van der Waals surface area (Å²) in [6, 6.07) is 11.1. The largest absolute Gasteiger partial charge is 0.497 e. The van der Waals surface area contributed by atoms with Crippen LogP contribution >= 0.6 is 11.6 Å². The smallest absolute Gasteiger partial charge is 0.340 e. The van der Waals surface area contributed by atoms with Crippen molar-refractivity contribution in [1.29, 1.82) is 0 Å². The van der Waals surface area contributed by atoms with E-state index in [1.54, 1.807) is 41.2 Å². The number of hydrogen-bond acceptors (Lipinski definition) is 6. The maximum Gasteiger partial charge on any atom is 0.340 e. The van der Waals surface area contributed by atoms with Gasteiger partial charge in [0.15, 0.2) is 0 Å². The lowest BCUT2D eigenvalue weighted by Gasteiger charge is -2.08. The molecule has 0 amide bonds. The third-order valence-corrected chi connectivity index (χ3v) is 4.76. The van der Waals surface area contributed by atoms with Crippen molar-refractivity contribution in [3.63, 3.8) is 0 Å². The van der Waals surface area contributed by atoms with Gasteiger partial charge in [-0.2, -0.15) is 15.3 Å². The molecule has 0 saturated carbocycles. The number of nitrogens with zero attached hydrogens (tertiary/aromatic N) is 4. The highest BCUT2D eigenvalue weighted by atomic mass is 35.5. The first-order chi connectivity index (χ1) is 14.5. The minimum atomic E-state index is -0.509. The zero-order valence-corrected chi connectivity index (χ0v) is 16.9. The summed E-state index contributed by atoms with van der Waals surface area (Å²) in [6.45, 7) is 0.273. The molecule has 0 bridgehead atoms. The Morgan fingerprint density at radius 1 is 1.13 bits per heavy atom. The first kappa shape index (κ1) is 19.8. The second-order valence-electron chi connectivity index (χ2n) is 6.47. The maximum absolute atomic E-state index is 13.8. The van der Waals surface area contributed by atoms with Crippen molar-refractivity contribution in [3.8, 4) is 17.0 Å². The Bertz CT molecular complexity index is 1240. The first-order valence-electron chi connectivity index (χ1n) is 8.89. The Kier molecular flexibility index (Phi) is 5.33. The molecule has 2 aromatic carbocycles. The molecule has 0 N–H and O–H groups in total. The van der Waals surface area contributed by atoms with Crippen molar-refractivity contribution in [3.05, 3.63) is 70.8 Å². The van der Waals surface area contributed by atoms with Gasteiger partial charge in [0, 0.05) is 22.0 Å². The highest BCUT2D eigenvalue weighted by molar-refractivity contribution is 6.32. The van der Waals surface area contributed by atoms with Crippen LogP contribution in [0.3, 0.4) is 0 Å². The number of methoxy groups -OCH3 is 2. The van der Waals surface area contributed by atoms with Crippen molar-refractivity contribution in [2.75, 3.05) is 14.2 Å². The van der Waals surface area contributed by atoms with E-state index in [0.717, 1.165) is 0 Å². The molecule has 0 fully saturated rings. The number of ether oxygens (including phenoxy) is 2. The van der Waals surface area contributed by atoms with Gasteiger partial charge in [-0.15, -0.1) is 0 Å². The maximum atomic E-state index is 13.8. The summed E-state index contributed by atoms with van der Waals surface area (Å²) in [5.41, 5.74) is 2.57. The summed E-state index contributed by atoms with van der Waals surface area (Å²) < 4.78 is 25.3. The van der Waals surface area contributed by atoms with Crippen LogP contribution in [0.1, 0.15) is 16.1 Å². The quantitative estimate of drug-likeness (QED) is 0.446. The molecule has 7 nitrogen and oxygen atoms in total. The van der Waals surface area contributed by atoms with Gasteiger partial charge < -0.3 is 9.47 Å². The molecular weight excluding hydrogens is 411 g/mol. The van der Waals surface area contributed by atoms with Crippen LogP contribution in [-0.2, 0) is 11.3 Å². The summed E-state index contributed by atoms with van der Waals surface area (Å²) in [4.78, 5) is 12.2. The van der Waals surface area contributed by atoms with E-state index >= 15 is 0 Å². The van der Waals surface area contributed by atoms with Crippen molar-refractivity contribution < 1.29 is 18.7 Å². The molecular formula is C21H16ClFN4O3. The number of benzene rings is 2. The molecule has 9 heteroatoms. The third kappa shape index (κ3) is 3.81. The van der Waals surface area contributed by atoms with E-state index < -0.39 is 11.8 Å². The van der Waals surface area contributed by atoms with Gasteiger partial charge in [0.2, 0.25) is 0 Å². The molecule has 4 aromatic rings. The predicted molar refractivity (Wildman–Crippen MR) is 109 cm³/mol. The second kappa shape index (κ2) is 8.08. The summed E-state index contributed by atoms with van der Waals surface area (Å²) in [5.74, 6) is -0.536. The molecule has 0 radical (unpaired) electrons. The predicted octanol–water partition coefficient (Wildman–Crippen LogP) is 4.13. The molecule has 0 aliphatic carbocycles. The monoisotopic (exact) mass is 426 g/mol. The van der Waals surface area contributed by atoms with Gasteiger partial charge in [0.25, 0.3) is 0 Å². The van der Waals surface area contributed by atoms with Gasteiger partial charge in [-0.25, -0.2) is 9.18 Å². The van der Waals surface area contributed by atoms with E-state index in [0.29, 0.717) is 44.2 Å². The number of hydrogen-bond donors (Lipinski definition) is 0. The van der Waals surface area contributed by atoms with Crippen LogP contribution < -0.4 is 4.74 Å². The van der Waals surface area contributed by atoms with Crippen LogP contribution in [0.2, 0.25) is 5.02 Å². The molecule has 30 heavy (non-hydrogen) atoms. The van der Waals surface area contributed by atoms with Gasteiger partial charge in [-0.1, -0.05) is 11.6 Å². The number of fused-ring (bicyclic) bond motifs is 1. The molecule has 2 aromatic heterocycles. The molecule has 4 rings (SSSR count). The van der Waals surface area contributed by atoms with Crippen molar-refractivity contribution >= 4 is 28.5 Å². The van der Waals surface area contributed by atoms with Crippen LogP contribution in [0.4, 0.5) is 4.39 Å². The van der Waals surface area contributed by atoms with Gasteiger partial charge in [0.1, 0.15) is 11.6 Å². The standard InChI is InChI=1S/C21H16ClFN4O3/c1-29-17-7-12(6-15(23)9-17)19-4-3-16(25-26-19)11-27-20-13(10-24-27)5-14(22)8-18(20)21(28)30-2/h3-10H,11H2,1-2H3. The zero-order valence-electron chi connectivity index (χ0n) is 16.1. The van der Waals surface area contributed by atoms with E-state index in [-0.39, 0.29) is 6.54 Å². The average Bonchev–Trinajstić information content (AvgIpc) is 3.14. The molecule has 0 saturated heterocycles. The summed E-state index contributed by atoms with van der Waals surface area (Å²) in [7, 11) is 2.78. The van der Waals surface area contributed by atoms with E-state index in [9.17, 15) is 9.18 Å². The normalized spacial score (nSPS) is 10.9. The molecule has 0 atom stereocenters. The first-order valence-corrected chi connectivity index (χ1v) is 9.27. The zero-order chi connectivity index (χ0) is 21.3. The van der Waals surface area contributed by atoms with E-state index in [1.807, 2.05) is 0 Å². The van der Waals surface area contributed by atoms with Gasteiger partial charge >= 0.3 is 5.97 Å². The highest BCUT2D eigenvalue weighted by Crippen LogP contribution is 2.26. The average molecular weight is 427 g/mol. The van der Waals surface area contributed by atoms with Gasteiger partial charge in [-0.3, -0.25) is 4.68 Å². The lowest BCUT2D eigenvalue weighted by Crippen LogP contribution is -2.09. The highest BCUT2D eigenvalue weighted by Gasteiger charge is 2.17. The lowest BCUT2D eigenvalue weighted by molar-refractivity contribution is 0.0602. The molecule has 0 unspecified atom stereocenters. The molecule has 0 aliphatic rings. The van der Waals surface area contributed by atoms with Crippen molar-refractivity contribution in [1.82, 2.24) is 20.0 Å². The molecule has 152 valence electrons. The number of halogens is 2. The SMILES string of the molecule is COC(=O)c1cc(Cl)cc2cnn(Cc3ccc(-c4cc(F)cc(OC)c4)nn3)c12. The molecule has 2 heterocycles. The summed E-state index contributed by atoms with van der Waals surface area (Å²) in [6.07, 6.45) is 1.62. The molecule has 0 aliphatic heterocycles. The van der Waals surface area contributed by atoms with Crippen LogP contribution in [0.25, 0.3) is 22.2 Å². The van der Waals surface area contributed by atoms with Crippen LogP contribution in [0.5, 0.6) is 5.75 Å². The minimum absolute atomic E-state index is 0.273. The Labute approximate surface area is 176 Å². The Morgan fingerprint density at radius 2 is 1.97 bits per heavy atom. The molecule has 0 spiro atoms. The van der Waals surface area contributed by atoms with Crippen molar-refractivity contribution in [2.45, 2.75) is 6.54 Å². The van der Waals surface area contributed by atoms with Crippen LogP contribution in [0.15, 0.2) is 48.7 Å². The Balaban J connectivity index is 1.67. The number of carbonyl (C=O) groups excluding carboxylic acids is 1. The topological polar surface area (TPSA) is 79.1 Å². The fourth-order valence-electron chi connectivity index (χ4n) is 3.16. The van der Waals surface area contributed by atoms with E-state index in [4.69, 9.17) is 21.1 Å². The second-order valence-corrected chi connectivity index (χ2v) is 6.91. The summed E-state index contributed by atoms with van der Waals surface area (Å²) in [5, 5.41) is 13.9. The Morgan fingerprint density at radius 3 is 2.67 bits per heavy atom. The fraction of sp³-hybridized carbons (Fsp3) is 0.143. The number of aromatic nitrogens is 4. The van der Waals surface area contributed by atoms with Gasteiger partial charge in [0.05, 0.1) is 49.4 Å². The van der Waals surface area contributed by atoms with E-state index in [2.05, 4.69) is 15.3 Å². The van der Waals surface area contributed by atoms with E-state index in [1.165, 1.54) is 26.4 Å². The van der Waals surface area contributed by atoms with Crippen LogP contribution in [-0.4, -0.2) is 40.2 Å². The van der Waals surface area contributed by atoms with Gasteiger partial charge in [-0.05, 0) is 36.4 Å². The fourth-order valence-corrected chi connectivity index (χ4v) is 3.39. The van der Waals surface area contributed by atoms with Crippen LogP contribution in [0, 0.1) is 5.82 Å². The third-order valence-electron chi connectivity index (χ3n) is 4.54. The number of carbonyl (C=O) groups is 1. The summed E-state index contributed by atoms with van der Waals surface area (Å²) >= 11 is 6.10.